The van der Waals surface area contributed by atoms with E-state index in [0.717, 1.165) is 12.5 Å². The Morgan fingerprint density at radius 2 is 1.93 bits per heavy atom. The fourth-order valence-corrected chi connectivity index (χ4v) is 2.45. The molecule has 27 heavy (non-hydrogen) atoms. The number of carbonyl (C=O) groups is 2. The zero-order valence-electron chi connectivity index (χ0n) is 14.8. The van der Waals surface area contributed by atoms with Crippen LogP contribution >= 0.6 is 0 Å². The summed E-state index contributed by atoms with van der Waals surface area (Å²) in [6.07, 6.45) is 0.540. The van der Waals surface area contributed by atoms with Gasteiger partial charge in [0.15, 0.2) is 0 Å². The van der Waals surface area contributed by atoms with E-state index >= 15 is 0 Å². The zero-order chi connectivity index (χ0) is 19.8. The highest BCUT2D eigenvalue weighted by molar-refractivity contribution is 5.95. The molecular formula is C19H20N2O6. The first kappa shape index (κ1) is 19.9. The normalized spacial score (nSPS) is 11.4. The van der Waals surface area contributed by atoms with Crippen molar-refractivity contribution >= 4 is 17.6 Å². The second-order valence-corrected chi connectivity index (χ2v) is 5.85. The largest absolute Gasteiger partial charge is 0.494 e. The number of nitrogens with zero attached hydrogens (tertiary/aromatic N) is 1. The quantitative estimate of drug-likeness (QED) is 0.515. The predicted molar refractivity (Wildman–Crippen MR) is 97.8 cm³/mol. The number of aliphatic carboxylic acids is 1. The van der Waals surface area contributed by atoms with Crippen LogP contribution in [0.4, 0.5) is 5.69 Å². The van der Waals surface area contributed by atoms with E-state index in [1.54, 1.807) is 24.3 Å². The third-order valence-corrected chi connectivity index (χ3v) is 3.76. The van der Waals surface area contributed by atoms with Gasteiger partial charge in [-0.15, -0.1) is 0 Å². The van der Waals surface area contributed by atoms with Crippen molar-refractivity contribution in [3.05, 3.63) is 69.8 Å². The van der Waals surface area contributed by atoms with Gasteiger partial charge >= 0.3 is 5.97 Å². The van der Waals surface area contributed by atoms with Crippen LogP contribution in [0, 0.1) is 10.1 Å². The Bertz CT molecular complexity index is 819. The smallest absolute Gasteiger partial charge is 0.305 e. The number of carboxylic acids is 1. The summed E-state index contributed by atoms with van der Waals surface area (Å²) in [5.74, 6) is -1.01. The summed E-state index contributed by atoms with van der Waals surface area (Å²) in [7, 11) is 0. The molecule has 1 unspecified atom stereocenters. The molecule has 0 spiro atoms. The highest BCUT2D eigenvalue weighted by Gasteiger charge is 2.20. The molecule has 0 saturated carbocycles. The van der Waals surface area contributed by atoms with Gasteiger partial charge in [0.05, 0.1) is 24.0 Å². The summed E-state index contributed by atoms with van der Waals surface area (Å²) >= 11 is 0. The maximum Gasteiger partial charge on any atom is 0.305 e. The minimum absolute atomic E-state index is 0.0856. The Kier molecular flexibility index (Phi) is 6.87. The monoisotopic (exact) mass is 372 g/mol. The van der Waals surface area contributed by atoms with Crippen molar-refractivity contribution in [2.24, 2.45) is 0 Å². The van der Waals surface area contributed by atoms with Gasteiger partial charge in [-0.1, -0.05) is 25.1 Å². The van der Waals surface area contributed by atoms with Crippen molar-refractivity contribution in [2.45, 2.75) is 25.8 Å². The summed E-state index contributed by atoms with van der Waals surface area (Å²) in [6, 6.07) is 11.3. The second-order valence-electron chi connectivity index (χ2n) is 5.85. The number of benzene rings is 2. The average molecular weight is 372 g/mol. The Morgan fingerprint density at radius 3 is 2.52 bits per heavy atom. The topological polar surface area (TPSA) is 119 Å². The van der Waals surface area contributed by atoms with E-state index < -0.39 is 22.8 Å². The Hall–Kier alpha value is -3.42. The molecule has 0 radical (unpaired) electrons. The standard InChI is InChI=1S/C19H20N2O6/c1-2-10-27-16-8-6-13(7-9-16)17(12-18(22)23)20-19(24)14-4-3-5-15(11-14)21(25)26/h3-9,11,17H,2,10,12H2,1H3,(H,20,24)(H,22,23). The molecular weight excluding hydrogens is 352 g/mol. The lowest BCUT2D eigenvalue weighted by atomic mass is 10.0. The molecule has 142 valence electrons. The Labute approximate surface area is 155 Å². The second kappa shape index (κ2) is 9.33. The van der Waals surface area contributed by atoms with Crippen LogP contribution in [0.3, 0.4) is 0 Å². The van der Waals surface area contributed by atoms with E-state index in [1.165, 1.54) is 18.2 Å². The lowest BCUT2D eigenvalue weighted by Crippen LogP contribution is -2.30. The van der Waals surface area contributed by atoms with Gasteiger partial charge < -0.3 is 15.2 Å². The van der Waals surface area contributed by atoms with Crippen LogP contribution in [-0.4, -0.2) is 28.5 Å². The first-order chi connectivity index (χ1) is 12.9. The van der Waals surface area contributed by atoms with Gasteiger partial charge in [0.1, 0.15) is 5.75 Å². The first-order valence-corrected chi connectivity index (χ1v) is 8.40. The summed E-state index contributed by atoms with van der Waals surface area (Å²) < 4.78 is 5.49. The van der Waals surface area contributed by atoms with Gasteiger partial charge in [0.25, 0.3) is 11.6 Å². The summed E-state index contributed by atoms with van der Waals surface area (Å²) in [6.45, 7) is 2.56. The molecule has 0 bridgehead atoms. The van der Waals surface area contributed by atoms with Crippen LogP contribution in [0.1, 0.15) is 41.7 Å². The van der Waals surface area contributed by atoms with Crippen LogP contribution in [0.2, 0.25) is 0 Å². The Morgan fingerprint density at radius 1 is 1.22 bits per heavy atom. The average Bonchev–Trinajstić information content (AvgIpc) is 2.66. The zero-order valence-corrected chi connectivity index (χ0v) is 14.8. The lowest BCUT2D eigenvalue weighted by Gasteiger charge is -2.18. The molecule has 2 aromatic carbocycles. The molecule has 0 aliphatic heterocycles. The minimum atomic E-state index is -1.08. The van der Waals surface area contributed by atoms with Crippen molar-refractivity contribution in [1.29, 1.82) is 0 Å². The van der Waals surface area contributed by atoms with E-state index in [4.69, 9.17) is 9.84 Å². The van der Waals surface area contributed by atoms with Gasteiger partial charge in [0, 0.05) is 17.7 Å². The van der Waals surface area contributed by atoms with Crippen LogP contribution in [0.15, 0.2) is 48.5 Å². The number of carboxylic acid groups (broad SMARTS) is 1. The highest BCUT2D eigenvalue weighted by Crippen LogP contribution is 2.22. The third kappa shape index (κ3) is 5.81. The first-order valence-electron chi connectivity index (χ1n) is 8.40. The van der Waals surface area contributed by atoms with E-state index in [0.29, 0.717) is 17.9 Å². The van der Waals surface area contributed by atoms with Crippen molar-refractivity contribution in [3.8, 4) is 5.75 Å². The van der Waals surface area contributed by atoms with Crippen LogP contribution < -0.4 is 10.1 Å². The number of hydrogen-bond acceptors (Lipinski definition) is 5. The molecule has 0 aromatic heterocycles. The van der Waals surface area contributed by atoms with Gasteiger partial charge in [0.2, 0.25) is 0 Å². The minimum Gasteiger partial charge on any atom is -0.494 e. The molecule has 2 N–H and O–H groups in total. The van der Waals surface area contributed by atoms with E-state index in [9.17, 15) is 19.7 Å². The summed E-state index contributed by atoms with van der Waals surface area (Å²) in [4.78, 5) is 33.9. The molecule has 8 heteroatoms. The molecule has 0 aliphatic carbocycles. The number of nitro groups is 1. The lowest BCUT2D eigenvalue weighted by molar-refractivity contribution is -0.384. The maximum absolute atomic E-state index is 12.4. The SMILES string of the molecule is CCCOc1ccc(C(CC(=O)O)NC(=O)c2cccc([N+](=O)[O-])c2)cc1. The fourth-order valence-electron chi connectivity index (χ4n) is 2.45. The van der Waals surface area contributed by atoms with E-state index in [1.807, 2.05) is 6.92 Å². The maximum atomic E-state index is 12.4. The van der Waals surface area contributed by atoms with Crippen molar-refractivity contribution in [2.75, 3.05) is 6.61 Å². The number of hydrogen-bond donors (Lipinski definition) is 2. The number of ether oxygens (including phenoxy) is 1. The summed E-state index contributed by atoms with van der Waals surface area (Å²) in [5.41, 5.74) is 0.470. The molecule has 1 amide bonds. The molecule has 8 nitrogen and oxygen atoms in total. The number of amides is 1. The fraction of sp³-hybridized carbons (Fsp3) is 0.263. The Balaban J connectivity index is 2.18. The molecule has 0 saturated heterocycles. The van der Waals surface area contributed by atoms with Gasteiger partial charge in [-0.05, 0) is 30.2 Å². The third-order valence-electron chi connectivity index (χ3n) is 3.76. The molecule has 2 aromatic rings. The van der Waals surface area contributed by atoms with Gasteiger partial charge in [-0.25, -0.2) is 0 Å². The molecule has 1 atom stereocenters. The van der Waals surface area contributed by atoms with Crippen molar-refractivity contribution < 1.29 is 24.4 Å². The van der Waals surface area contributed by atoms with E-state index in [-0.39, 0.29) is 17.7 Å². The molecule has 2 rings (SSSR count). The van der Waals surface area contributed by atoms with Crippen molar-refractivity contribution in [1.82, 2.24) is 5.32 Å². The van der Waals surface area contributed by atoms with E-state index in [2.05, 4.69) is 5.32 Å². The number of carbonyl (C=O) groups excluding carboxylic acids is 1. The number of non-ortho nitro benzene ring substituents is 1. The summed E-state index contributed by atoms with van der Waals surface area (Å²) in [5, 5.41) is 22.6. The van der Waals surface area contributed by atoms with Crippen LogP contribution in [-0.2, 0) is 4.79 Å². The van der Waals surface area contributed by atoms with Gasteiger partial charge in [-0.2, -0.15) is 0 Å². The van der Waals surface area contributed by atoms with Crippen molar-refractivity contribution in [3.63, 3.8) is 0 Å². The molecule has 0 aliphatic rings. The number of nitro benzene ring substituents is 1. The number of nitrogens with one attached hydrogen (secondary N) is 1. The highest BCUT2D eigenvalue weighted by atomic mass is 16.6. The number of rotatable bonds is 9. The molecule has 0 heterocycles. The molecule has 0 fully saturated rings. The predicted octanol–water partition coefficient (Wildman–Crippen LogP) is 3.33. The van der Waals surface area contributed by atoms with Crippen LogP contribution in [0.5, 0.6) is 5.75 Å². The van der Waals surface area contributed by atoms with Crippen LogP contribution in [0.25, 0.3) is 0 Å². The van der Waals surface area contributed by atoms with Gasteiger partial charge in [-0.3, -0.25) is 19.7 Å².